The maximum Gasteiger partial charge on any atom is 0.411 e. The molecule has 0 spiro atoms. The molecule has 2 fully saturated rings. The van der Waals surface area contributed by atoms with Crippen LogP contribution in [-0.4, -0.2) is 65.8 Å². The highest BCUT2D eigenvalue weighted by atomic mass is 16.6. The topological polar surface area (TPSA) is 59.1 Å². The van der Waals surface area contributed by atoms with Crippen molar-refractivity contribution in [3.05, 3.63) is 0 Å². The van der Waals surface area contributed by atoms with Crippen molar-refractivity contribution in [3.8, 4) is 0 Å². The third-order valence-electron chi connectivity index (χ3n) is 4.47. The van der Waals surface area contributed by atoms with E-state index in [0.717, 1.165) is 32.4 Å². The maximum absolute atomic E-state index is 12.8. The Balaban J connectivity index is 1.96. The van der Waals surface area contributed by atoms with E-state index in [-0.39, 0.29) is 18.0 Å². The minimum atomic E-state index is -0.552. The highest BCUT2D eigenvalue weighted by molar-refractivity contribution is 5.86. The average molecular weight is 340 g/mol. The van der Waals surface area contributed by atoms with Gasteiger partial charge >= 0.3 is 6.09 Å². The van der Waals surface area contributed by atoms with Gasteiger partial charge in [-0.25, -0.2) is 4.79 Å². The van der Waals surface area contributed by atoms with Crippen LogP contribution in [0.4, 0.5) is 4.79 Å². The van der Waals surface area contributed by atoms with E-state index in [9.17, 15) is 9.59 Å². The van der Waals surface area contributed by atoms with Crippen LogP contribution in [0.3, 0.4) is 0 Å². The van der Waals surface area contributed by atoms with Gasteiger partial charge in [0.05, 0.1) is 6.61 Å². The molecule has 138 valence electrons. The Kier molecular flexibility index (Phi) is 6.12. The maximum atomic E-state index is 12.8. The number of likely N-dealkylation sites (tertiary alicyclic amines) is 1. The van der Waals surface area contributed by atoms with E-state index in [0.29, 0.717) is 19.1 Å². The summed E-state index contributed by atoms with van der Waals surface area (Å²) in [5.41, 5.74) is -0.552. The first-order chi connectivity index (χ1) is 11.2. The van der Waals surface area contributed by atoms with E-state index in [2.05, 4.69) is 0 Å². The average Bonchev–Trinajstić information content (AvgIpc) is 3.19. The zero-order valence-corrected chi connectivity index (χ0v) is 15.7. The van der Waals surface area contributed by atoms with Gasteiger partial charge in [0.25, 0.3) is 0 Å². The molecule has 0 unspecified atom stereocenters. The Morgan fingerprint density at radius 2 is 1.92 bits per heavy atom. The summed E-state index contributed by atoms with van der Waals surface area (Å²) in [4.78, 5) is 28.9. The Bertz CT molecular complexity index is 456. The summed E-state index contributed by atoms with van der Waals surface area (Å²) in [6.45, 7) is 12.2. The van der Waals surface area contributed by atoms with Crippen LogP contribution in [-0.2, 0) is 14.3 Å². The van der Waals surface area contributed by atoms with Gasteiger partial charge in [0.15, 0.2) is 0 Å². The van der Waals surface area contributed by atoms with Crippen LogP contribution in [0.2, 0.25) is 0 Å². The van der Waals surface area contributed by atoms with Crippen molar-refractivity contribution >= 4 is 12.0 Å². The van der Waals surface area contributed by atoms with Crippen molar-refractivity contribution in [3.63, 3.8) is 0 Å². The molecule has 0 aromatic carbocycles. The van der Waals surface area contributed by atoms with E-state index >= 15 is 0 Å². The minimum Gasteiger partial charge on any atom is -0.444 e. The molecule has 0 bridgehead atoms. The van der Waals surface area contributed by atoms with Crippen molar-refractivity contribution in [2.75, 3.05) is 26.3 Å². The van der Waals surface area contributed by atoms with Gasteiger partial charge in [-0.15, -0.1) is 0 Å². The van der Waals surface area contributed by atoms with Gasteiger partial charge in [-0.05, 0) is 53.9 Å². The summed E-state index contributed by atoms with van der Waals surface area (Å²) in [7, 11) is 0. The van der Waals surface area contributed by atoms with Gasteiger partial charge in [0.2, 0.25) is 5.91 Å². The zero-order chi connectivity index (χ0) is 17.9. The number of nitrogens with zero attached hydrogens (tertiary/aromatic N) is 2. The first kappa shape index (κ1) is 19.0. The summed E-state index contributed by atoms with van der Waals surface area (Å²) in [5.74, 6) is 0.420. The molecule has 1 heterocycles. The summed E-state index contributed by atoms with van der Waals surface area (Å²) >= 11 is 0. The molecule has 0 N–H and O–H groups in total. The van der Waals surface area contributed by atoms with Crippen molar-refractivity contribution in [1.82, 2.24) is 9.80 Å². The normalized spacial score (nSPS) is 22.4. The lowest BCUT2D eigenvalue weighted by Gasteiger charge is -2.33. The van der Waals surface area contributed by atoms with Gasteiger partial charge < -0.3 is 14.4 Å². The van der Waals surface area contributed by atoms with E-state index in [1.54, 1.807) is 4.90 Å². The van der Waals surface area contributed by atoms with Gasteiger partial charge in [-0.3, -0.25) is 9.69 Å². The van der Waals surface area contributed by atoms with Crippen LogP contribution in [0.15, 0.2) is 0 Å². The lowest BCUT2D eigenvalue weighted by atomic mass is 10.1. The number of hydrogen-bond donors (Lipinski definition) is 0. The molecule has 0 radical (unpaired) electrons. The Hall–Kier alpha value is -1.30. The zero-order valence-electron chi connectivity index (χ0n) is 15.7. The van der Waals surface area contributed by atoms with Crippen LogP contribution < -0.4 is 0 Å². The second-order valence-corrected chi connectivity index (χ2v) is 7.89. The van der Waals surface area contributed by atoms with E-state index in [1.807, 2.05) is 39.5 Å². The molecule has 24 heavy (non-hydrogen) atoms. The third kappa shape index (κ3) is 5.10. The molecule has 0 aromatic rings. The van der Waals surface area contributed by atoms with Gasteiger partial charge in [-0.1, -0.05) is 0 Å². The van der Waals surface area contributed by atoms with Gasteiger partial charge in [0.1, 0.15) is 11.6 Å². The highest BCUT2D eigenvalue weighted by Crippen LogP contribution is 2.31. The SMILES string of the molecule is CCOC[C@@H]1CCN(C(=O)[C@@H](C)N(C(=O)OC(C)(C)C)C2CC2)C1. The quantitative estimate of drug-likeness (QED) is 0.746. The van der Waals surface area contributed by atoms with Crippen LogP contribution >= 0.6 is 0 Å². The number of carbonyl (C=O) groups is 2. The monoisotopic (exact) mass is 340 g/mol. The standard InChI is InChI=1S/C18H32N2O4/c1-6-23-12-14-9-10-19(11-14)16(21)13(2)20(15-7-8-15)17(22)24-18(3,4)5/h13-15H,6-12H2,1-5H3/t13-,14-/m1/s1. The van der Waals surface area contributed by atoms with Crippen LogP contribution in [0.25, 0.3) is 0 Å². The van der Waals surface area contributed by atoms with Gasteiger partial charge in [-0.2, -0.15) is 0 Å². The molecule has 2 rings (SSSR count). The molecule has 6 heteroatoms. The fraction of sp³-hybridized carbons (Fsp3) is 0.889. The number of amides is 2. The molecular weight excluding hydrogens is 308 g/mol. The van der Waals surface area contributed by atoms with E-state index < -0.39 is 11.6 Å². The highest BCUT2D eigenvalue weighted by Gasteiger charge is 2.42. The number of rotatable bonds is 6. The van der Waals surface area contributed by atoms with E-state index in [4.69, 9.17) is 9.47 Å². The Labute approximate surface area is 145 Å². The molecular formula is C18H32N2O4. The van der Waals surface area contributed by atoms with Crippen molar-refractivity contribution in [2.24, 2.45) is 5.92 Å². The van der Waals surface area contributed by atoms with Crippen LogP contribution in [0, 0.1) is 5.92 Å². The lowest BCUT2D eigenvalue weighted by molar-refractivity contribution is -0.135. The molecule has 1 saturated heterocycles. The molecule has 2 aliphatic rings. The smallest absolute Gasteiger partial charge is 0.411 e. The fourth-order valence-corrected chi connectivity index (χ4v) is 3.13. The number of hydrogen-bond acceptors (Lipinski definition) is 4. The molecule has 1 aliphatic carbocycles. The van der Waals surface area contributed by atoms with E-state index in [1.165, 1.54) is 0 Å². The van der Waals surface area contributed by atoms with Crippen molar-refractivity contribution in [2.45, 2.75) is 71.6 Å². The third-order valence-corrected chi connectivity index (χ3v) is 4.47. The van der Waals surface area contributed by atoms with Gasteiger partial charge in [0, 0.05) is 31.7 Å². The van der Waals surface area contributed by atoms with Crippen LogP contribution in [0.1, 0.15) is 53.9 Å². The Morgan fingerprint density at radius 1 is 1.25 bits per heavy atom. The first-order valence-electron chi connectivity index (χ1n) is 9.10. The Morgan fingerprint density at radius 3 is 2.46 bits per heavy atom. The molecule has 2 amide bonds. The summed E-state index contributed by atoms with van der Waals surface area (Å²) in [5, 5.41) is 0. The second kappa shape index (κ2) is 7.72. The predicted octanol–water partition coefficient (Wildman–Crippen LogP) is 2.66. The fourth-order valence-electron chi connectivity index (χ4n) is 3.13. The predicted molar refractivity (Wildman–Crippen MR) is 91.7 cm³/mol. The number of carbonyl (C=O) groups excluding carboxylic acids is 2. The number of ether oxygens (including phenoxy) is 2. The second-order valence-electron chi connectivity index (χ2n) is 7.89. The van der Waals surface area contributed by atoms with Crippen LogP contribution in [0.5, 0.6) is 0 Å². The minimum absolute atomic E-state index is 0.0201. The molecule has 1 aliphatic heterocycles. The first-order valence-corrected chi connectivity index (χ1v) is 9.10. The van der Waals surface area contributed by atoms with Crippen molar-refractivity contribution < 1.29 is 19.1 Å². The summed E-state index contributed by atoms with van der Waals surface area (Å²) in [6, 6.07) is -0.334. The molecule has 2 atom stereocenters. The molecule has 1 saturated carbocycles. The summed E-state index contributed by atoms with van der Waals surface area (Å²) in [6.07, 6.45) is 2.48. The largest absolute Gasteiger partial charge is 0.444 e. The molecule has 6 nitrogen and oxygen atoms in total. The van der Waals surface area contributed by atoms with Crippen molar-refractivity contribution in [1.29, 1.82) is 0 Å². The molecule has 0 aromatic heterocycles. The summed E-state index contributed by atoms with van der Waals surface area (Å²) < 4.78 is 11.0. The lowest BCUT2D eigenvalue weighted by Crippen LogP contribution is -2.51.